The lowest BCUT2D eigenvalue weighted by Crippen LogP contribution is -2.00. The van der Waals surface area contributed by atoms with E-state index in [0.29, 0.717) is 62.1 Å². The SMILES string of the molecule is COc1cc2ncc(C#N)c(Nc3ccc(C#Cc4ccccn4)c4c3OCO4)c2cc1OC.Cl.Cl. The van der Waals surface area contributed by atoms with Gasteiger partial charge in [0.25, 0.3) is 0 Å². The van der Waals surface area contributed by atoms with Crippen LogP contribution in [0.25, 0.3) is 10.9 Å². The molecule has 3 heterocycles. The molecule has 8 nitrogen and oxygen atoms in total. The second-order valence-electron chi connectivity index (χ2n) is 7.20. The molecule has 1 N–H and O–H groups in total. The van der Waals surface area contributed by atoms with E-state index < -0.39 is 0 Å². The Morgan fingerprint density at radius 2 is 1.69 bits per heavy atom. The maximum absolute atomic E-state index is 9.73. The van der Waals surface area contributed by atoms with Crippen LogP contribution in [0, 0.1) is 23.2 Å². The first-order valence-electron chi connectivity index (χ1n) is 10.3. The quantitative estimate of drug-likeness (QED) is 0.363. The number of nitrogens with zero attached hydrogens (tertiary/aromatic N) is 3. The van der Waals surface area contributed by atoms with Crippen LogP contribution < -0.4 is 24.3 Å². The molecule has 2 aromatic heterocycles. The highest BCUT2D eigenvalue weighted by Crippen LogP contribution is 2.44. The number of aromatic nitrogens is 2. The van der Waals surface area contributed by atoms with Crippen molar-refractivity contribution in [3.8, 4) is 40.9 Å². The van der Waals surface area contributed by atoms with Crippen molar-refractivity contribution in [2.75, 3.05) is 26.3 Å². The molecule has 1 aliphatic heterocycles. The Balaban J connectivity index is 0.00000180. The van der Waals surface area contributed by atoms with Crippen LogP contribution in [-0.2, 0) is 0 Å². The maximum Gasteiger partial charge on any atom is 0.231 e. The van der Waals surface area contributed by atoms with Gasteiger partial charge in [-0.1, -0.05) is 12.0 Å². The van der Waals surface area contributed by atoms with Gasteiger partial charge in [0.2, 0.25) is 6.79 Å². The molecule has 1 aliphatic rings. The van der Waals surface area contributed by atoms with Gasteiger partial charge in [0.05, 0.1) is 42.2 Å². The molecule has 0 aliphatic carbocycles. The van der Waals surface area contributed by atoms with Crippen LogP contribution in [-0.4, -0.2) is 31.0 Å². The number of anilines is 2. The van der Waals surface area contributed by atoms with Crippen molar-refractivity contribution < 1.29 is 18.9 Å². The number of hydrogen-bond donors (Lipinski definition) is 1. The van der Waals surface area contributed by atoms with E-state index >= 15 is 0 Å². The molecule has 0 amide bonds. The van der Waals surface area contributed by atoms with E-state index in [0.717, 1.165) is 0 Å². The Bertz CT molecular complexity index is 1510. The molecular weight excluding hydrogens is 503 g/mol. The van der Waals surface area contributed by atoms with Crippen molar-refractivity contribution in [3.63, 3.8) is 0 Å². The van der Waals surface area contributed by atoms with Crippen molar-refractivity contribution in [1.29, 1.82) is 5.26 Å². The molecule has 2 aromatic carbocycles. The maximum atomic E-state index is 9.73. The summed E-state index contributed by atoms with van der Waals surface area (Å²) in [5.74, 6) is 8.25. The molecule has 182 valence electrons. The summed E-state index contributed by atoms with van der Waals surface area (Å²) in [6, 6.07) is 15.0. The zero-order chi connectivity index (χ0) is 23.5. The lowest BCUT2D eigenvalue weighted by atomic mass is 10.1. The van der Waals surface area contributed by atoms with E-state index in [-0.39, 0.29) is 31.6 Å². The lowest BCUT2D eigenvalue weighted by molar-refractivity contribution is 0.174. The number of pyridine rings is 2. The van der Waals surface area contributed by atoms with Crippen molar-refractivity contribution in [2.45, 2.75) is 0 Å². The minimum absolute atomic E-state index is 0. The predicted molar refractivity (Wildman–Crippen MR) is 140 cm³/mol. The van der Waals surface area contributed by atoms with E-state index in [2.05, 4.69) is 33.2 Å². The second kappa shape index (κ2) is 11.4. The molecule has 0 fully saturated rings. The van der Waals surface area contributed by atoms with Crippen LogP contribution in [0.2, 0.25) is 0 Å². The number of fused-ring (bicyclic) bond motifs is 2. The molecule has 0 saturated heterocycles. The molecule has 0 radical (unpaired) electrons. The van der Waals surface area contributed by atoms with Gasteiger partial charge in [0, 0.05) is 23.8 Å². The van der Waals surface area contributed by atoms with Crippen LogP contribution in [0.5, 0.6) is 23.0 Å². The Hall–Kier alpha value is -4.37. The smallest absolute Gasteiger partial charge is 0.231 e. The van der Waals surface area contributed by atoms with Crippen molar-refractivity contribution in [2.24, 2.45) is 0 Å². The average Bonchev–Trinajstić information content (AvgIpc) is 3.39. The molecule has 0 atom stereocenters. The minimum atomic E-state index is 0. The van der Waals surface area contributed by atoms with E-state index in [1.807, 2.05) is 30.3 Å². The fourth-order valence-corrected chi connectivity index (χ4v) is 3.63. The number of benzene rings is 2. The summed E-state index contributed by atoms with van der Waals surface area (Å²) in [4.78, 5) is 8.62. The van der Waals surface area contributed by atoms with E-state index in [1.165, 1.54) is 6.20 Å². The van der Waals surface area contributed by atoms with Crippen molar-refractivity contribution >= 4 is 47.1 Å². The topological polar surface area (TPSA) is 98.5 Å². The first kappa shape index (κ1) is 26.2. The highest BCUT2D eigenvalue weighted by atomic mass is 35.5. The van der Waals surface area contributed by atoms with Crippen LogP contribution >= 0.6 is 24.8 Å². The highest BCUT2D eigenvalue weighted by Gasteiger charge is 2.23. The molecule has 0 bridgehead atoms. The zero-order valence-electron chi connectivity index (χ0n) is 19.2. The number of nitriles is 1. The summed E-state index contributed by atoms with van der Waals surface area (Å²) in [5.41, 5.74) is 3.55. The van der Waals surface area contributed by atoms with Crippen LogP contribution in [0.3, 0.4) is 0 Å². The largest absolute Gasteiger partial charge is 0.493 e. The van der Waals surface area contributed by atoms with Crippen LogP contribution in [0.15, 0.2) is 54.9 Å². The Kier molecular flexibility index (Phi) is 8.29. The summed E-state index contributed by atoms with van der Waals surface area (Å²) in [5, 5.41) is 13.8. The fourth-order valence-electron chi connectivity index (χ4n) is 3.63. The van der Waals surface area contributed by atoms with Gasteiger partial charge in [0.15, 0.2) is 23.0 Å². The summed E-state index contributed by atoms with van der Waals surface area (Å²) in [7, 11) is 3.12. The van der Waals surface area contributed by atoms with E-state index in [4.69, 9.17) is 18.9 Å². The van der Waals surface area contributed by atoms with Gasteiger partial charge in [-0.15, -0.1) is 24.8 Å². The fraction of sp³-hybridized carbons (Fsp3) is 0.115. The number of halogens is 2. The Morgan fingerprint density at radius 3 is 2.42 bits per heavy atom. The van der Waals surface area contributed by atoms with E-state index in [1.54, 1.807) is 32.5 Å². The standard InChI is InChI=1S/C26H18N4O4.2ClH/c1-31-22-11-19-21(12-23(22)32-2)29-14-17(13-27)24(19)30-20-9-7-16(25-26(20)34-15-33-25)6-8-18-5-3-4-10-28-18;;/h3-5,7,9-12,14H,15H2,1-2H3,(H,29,30);2*1H. The van der Waals surface area contributed by atoms with Gasteiger partial charge in [-0.05, 0) is 36.3 Å². The second-order valence-corrected chi connectivity index (χ2v) is 7.20. The zero-order valence-corrected chi connectivity index (χ0v) is 20.8. The number of methoxy groups -OCH3 is 2. The summed E-state index contributed by atoms with van der Waals surface area (Å²) in [6.45, 7) is 0.0690. The van der Waals surface area contributed by atoms with Crippen molar-refractivity contribution in [3.05, 3.63) is 71.7 Å². The average molecular weight is 523 g/mol. The van der Waals surface area contributed by atoms with Crippen molar-refractivity contribution in [1.82, 2.24) is 9.97 Å². The summed E-state index contributed by atoms with van der Waals surface area (Å²) in [6.07, 6.45) is 3.21. The Morgan fingerprint density at radius 1 is 0.917 bits per heavy atom. The van der Waals surface area contributed by atoms with Gasteiger partial charge in [-0.2, -0.15) is 5.26 Å². The minimum Gasteiger partial charge on any atom is -0.493 e. The molecule has 10 heteroatoms. The van der Waals surface area contributed by atoms with Gasteiger partial charge in [-0.25, -0.2) is 4.98 Å². The van der Waals surface area contributed by atoms with Crippen LogP contribution in [0.4, 0.5) is 11.4 Å². The molecule has 0 unspecified atom stereocenters. The first-order chi connectivity index (χ1) is 16.7. The van der Waals surface area contributed by atoms with Gasteiger partial charge >= 0.3 is 0 Å². The molecule has 0 spiro atoms. The van der Waals surface area contributed by atoms with Gasteiger partial charge in [-0.3, -0.25) is 4.98 Å². The molecule has 36 heavy (non-hydrogen) atoms. The third-order valence-corrected chi connectivity index (χ3v) is 5.26. The lowest BCUT2D eigenvalue weighted by Gasteiger charge is -2.15. The number of rotatable bonds is 4. The third kappa shape index (κ3) is 4.87. The van der Waals surface area contributed by atoms with Gasteiger partial charge < -0.3 is 24.3 Å². The number of ether oxygens (including phenoxy) is 4. The number of nitrogens with one attached hydrogen (secondary N) is 1. The van der Waals surface area contributed by atoms with Crippen LogP contribution in [0.1, 0.15) is 16.8 Å². The predicted octanol–water partition coefficient (Wildman–Crippen LogP) is 5.23. The molecule has 0 saturated carbocycles. The molecular formula is C26H20Cl2N4O4. The summed E-state index contributed by atoms with van der Waals surface area (Å²) < 4.78 is 22.3. The summed E-state index contributed by atoms with van der Waals surface area (Å²) >= 11 is 0. The normalized spacial score (nSPS) is 10.7. The first-order valence-corrected chi connectivity index (χ1v) is 10.3. The monoisotopic (exact) mass is 522 g/mol. The molecule has 4 aromatic rings. The molecule has 5 rings (SSSR count). The Labute approximate surface area is 220 Å². The van der Waals surface area contributed by atoms with E-state index in [9.17, 15) is 5.26 Å². The third-order valence-electron chi connectivity index (χ3n) is 5.26. The number of hydrogen-bond acceptors (Lipinski definition) is 8. The van der Waals surface area contributed by atoms with Gasteiger partial charge in [0.1, 0.15) is 11.8 Å². The highest BCUT2D eigenvalue weighted by molar-refractivity contribution is 5.98.